The normalized spacial score (nSPS) is 17.6. The Morgan fingerprint density at radius 1 is 0.595 bits per heavy atom. The summed E-state index contributed by atoms with van der Waals surface area (Å²) in [5.41, 5.74) is 10.9. The number of nitrogens with two attached hydrogens (primary N) is 2. The van der Waals surface area contributed by atoms with E-state index in [9.17, 15) is 19.2 Å². The number of nitrogens with zero attached hydrogens (tertiary/aromatic N) is 8. The van der Waals surface area contributed by atoms with Gasteiger partial charge in [0.25, 0.3) is 35.5 Å². The van der Waals surface area contributed by atoms with E-state index in [-0.39, 0.29) is 34.5 Å². The average Bonchev–Trinajstić information content (AvgIpc) is 3.74. The van der Waals surface area contributed by atoms with Crippen LogP contribution >= 0.6 is 47.0 Å². The smallest absolute Gasteiger partial charge is 0.285 e. The summed E-state index contributed by atoms with van der Waals surface area (Å²) in [5.74, 6) is -2.79. The van der Waals surface area contributed by atoms with Crippen LogP contribution in [0.25, 0.3) is 0 Å². The topological polar surface area (TPSA) is 203 Å². The number of thioether (sulfide) groups is 4. The summed E-state index contributed by atoms with van der Waals surface area (Å²) in [7, 11) is 0. The van der Waals surface area contributed by atoms with E-state index < -0.39 is 23.6 Å². The molecule has 206 valence electrons. The molecule has 0 bridgehead atoms. The van der Waals surface area contributed by atoms with Crippen molar-refractivity contribution in [2.45, 2.75) is 19.6 Å². The van der Waals surface area contributed by atoms with Gasteiger partial charge in [0.15, 0.2) is 11.4 Å². The minimum atomic E-state index is -0.852. The Morgan fingerprint density at radius 2 is 0.929 bits per heavy atom. The zero-order chi connectivity index (χ0) is 29.1. The summed E-state index contributed by atoms with van der Waals surface area (Å²) < 4.78 is 1.08. The summed E-state index contributed by atoms with van der Waals surface area (Å²) in [6.45, 7) is 0. The van der Waals surface area contributed by atoms with Gasteiger partial charge in [-0.1, -0.05) is 47.0 Å². The van der Waals surface area contributed by atoms with Gasteiger partial charge in [-0.3, -0.25) is 19.2 Å². The lowest BCUT2D eigenvalue weighted by molar-refractivity contribution is -0.115. The number of benzene rings is 1. The van der Waals surface area contributed by atoms with Crippen molar-refractivity contribution >= 4 is 94.0 Å². The van der Waals surface area contributed by atoms with Gasteiger partial charge in [-0.2, -0.15) is 20.2 Å². The molecule has 42 heavy (non-hydrogen) atoms. The molecule has 0 saturated heterocycles. The molecule has 1 aromatic carbocycles. The molecule has 4 aliphatic rings. The van der Waals surface area contributed by atoms with Crippen LogP contribution in [-0.4, -0.2) is 55.0 Å². The van der Waals surface area contributed by atoms with E-state index in [0.717, 1.165) is 29.6 Å². The monoisotopic (exact) mass is 632 g/mol. The Bertz CT molecular complexity index is 1720. The molecule has 18 heteroatoms. The molecule has 0 spiro atoms. The van der Waals surface area contributed by atoms with Gasteiger partial charge in [0.2, 0.25) is 0 Å². The highest BCUT2D eigenvalue weighted by Gasteiger charge is 2.42. The van der Waals surface area contributed by atoms with Gasteiger partial charge >= 0.3 is 0 Å². The van der Waals surface area contributed by atoms with Gasteiger partial charge in [-0.05, 0) is 24.3 Å². The van der Waals surface area contributed by atoms with Crippen LogP contribution in [0.2, 0.25) is 0 Å². The predicted octanol–water partition coefficient (Wildman–Crippen LogP) is 1.86. The first-order valence-electron chi connectivity index (χ1n) is 11.7. The Hall–Kier alpha value is -4.52. The van der Waals surface area contributed by atoms with Crippen molar-refractivity contribution < 1.29 is 19.2 Å². The lowest BCUT2D eigenvalue weighted by atomic mass is 10.2. The maximum atomic E-state index is 13.3. The van der Waals surface area contributed by atoms with Crippen molar-refractivity contribution in [3.63, 3.8) is 0 Å². The Kier molecular flexibility index (Phi) is 6.34. The van der Waals surface area contributed by atoms with Crippen LogP contribution in [0.1, 0.15) is 0 Å². The molecule has 0 saturated carbocycles. The second-order valence-corrected chi connectivity index (χ2v) is 13.2. The van der Waals surface area contributed by atoms with Gasteiger partial charge in [-0.15, -0.1) is 0 Å². The third-order valence-corrected chi connectivity index (χ3v) is 10.9. The molecule has 0 aliphatic carbocycles. The van der Waals surface area contributed by atoms with Crippen molar-refractivity contribution in [1.29, 1.82) is 0 Å². The Balaban J connectivity index is 1.20. The highest BCUT2D eigenvalue weighted by atomic mass is 32.2. The van der Waals surface area contributed by atoms with E-state index in [0.29, 0.717) is 8.47 Å². The van der Waals surface area contributed by atoms with E-state index in [1.807, 2.05) is 12.1 Å². The van der Waals surface area contributed by atoms with Crippen LogP contribution in [0.15, 0.2) is 98.5 Å². The minimum Gasteiger partial charge on any atom is -0.364 e. The molecule has 3 aromatic rings. The fourth-order valence-corrected chi connectivity index (χ4v) is 9.43. The van der Waals surface area contributed by atoms with E-state index in [1.54, 1.807) is 12.1 Å². The van der Waals surface area contributed by atoms with Crippen molar-refractivity contribution in [3.8, 4) is 0 Å². The number of carbonyl (C=O) groups excluding carboxylic acids is 4. The molecule has 7 rings (SSSR count). The summed E-state index contributed by atoms with van der Waals surface area (Å²) in [6.07, 6.45) is 5.83. The van der Waals surface area contributed by atoms with E-state index in [2.05, 4.69) is 30.1 Å². The third kappa shape index (κ3) is 4.26. The van der Waals surface area contributed by atoms with Gasteiger partial charge < -0.3 is 11.5 Å². The van der Waals surface area contributed by atoms with E-state index >= 15 is 0 Å². The molecule has 0 atom stereocenters. The zero-order valence-electron chi connectivity index (χ0n) is 20.6. The number of rotatable bonds is 4. The quantitative estimate of drug-likeness (QED) is 0.396. The number of carbonyl (C=O) groups is 4. The molecular weight excluding hydrogens is 621 g/mol. The first kappa shape index (κ1) is 26.4. The van der Waals surface area contributed by atoms with Crippen LogP contribution < -0.4 is 21.5 Å². The fourth-order valence-electron chi connectivity index (χ4n) is 4.08. The van der Waals surface area contributed by atoms with Gasteiger partial charge in [0, 0.05) is 44.4 Å². The van der Waals surface area contributed by atoms with Crippen LogP contribution in [-0.2, 0) is 19.2 Å². The first-order valence-corrected chi connectivity index (χ1v) is 14.9. The van der Waals surface area contributed by atoms with Crippen molar-refractivity contribution in [3.05, 3.63) is 68.7 Å². The molecule has 4 aliphatic heterocycles. The number of hydrogen-bond donors (Lipinski definition) is 2. The molecule has 0 fully saturated rings. The standard InChI is InChI=1S/C24H12N10O4S4/c25-17(35)15-13(19(37)33(31-15)23-27-3-1-4-28-23)21-39-9-7-11-12(8-10(9)40-21)42-22(41-11)14-16(18(26)36)32-34(20(14)38)24-29-5-2-6-30-24/h1-8H,(H2,25,35)(H2,26,36). The molecule has 6 heterocycles. The van der Waals surface area contributed by atoms with Crippen LogP contribution in [0.3, 0.4) is 0 Å². The second-order valence-electron chi connectivity index (χ2n) is 8.44. The van der Waals surface area contributed by atoms with Crippen LogP contribution in [0, 0.1) is 0 Å². The lowest BCUT2D eigenvalue weighted by Crippen LogP contribution is -2.26. The number of aromatic nitrogens is 4. The average molecular weight is 633 g/mol. The summed E-state index contributed by atoms with van der Waals surface area (Å²) in [6, 6.07) is 7.02. The van der Waals surface area contributed by atoms with Gasteiger partial charge in [0.05, 0.1) is 19.6 Å². The maximum Gasteiger partial charge on any atom is 0.285 e. The molecule has 2 aromatic heterocycles. The number of primary amides is 2. The summed E-state index contributed by atoms with van der Waals surface area (Å²) in [4.78, 5) is 70.6. The third-order valence-electron chi connectivity index (χ3n) is 5.86. The Labute approximate surface area is 252 Å². The van der Waals surface area contributed by atoms with Gasteiger partial charge in [0.1, 0.15) is 0 Å². The molecule has 0 radical (unpaired) electrons. The number of fused-ring (bicyclic) bond motifs is 2. The summed E-state index contributed by atoms with van der Waals surface area (Å²) >= 11 is 5.18. The van der Waals surface area contributed by atoms with Crippen molar-refractivity contribution in [1.82, 2.24) is 19.9 Å². The molecular formula is C24H12N10O4S4. The minimum absolute atomic E-state index is 0.0208. The number of amides is 4. The van der Waals surface area contributed by atoms with E-state index in [4.69, 9.17) is 11.5 Å². The number of hydrogen-bond acceptors (Lipinski definition) is 14. The Morgan fingerprint density at radius 3 is 1.24 bits per heavy atom. The van der Waals surface area contributed by atoms with Crippen molar-refractivity contribution in [2.24, 2.45) is 21.7 Å². The van der Waals surface area contributed by atoms with Crippen molar-refractivity contribution in [2.75, 3.05) is 10.0 Å². The molecule has 14 nitrogen and oxygen atoms in total. The summed E-state index contributed by atoms with van der Waals surface area (Å²) in [5, 5.41) is 10.1. The second kappa shape index (κ2) is 10.1. The fraction of sp³-hybridized carbons (Fsp3) is 0. The SMILES string of the molecule is NC(=O)C1=NN(c2ncccn2)C(=O)C1=C1Sc2cc3c(cc2S1)SC(=C1C(=O)N(c2ncccn2)N=C1C(N)=O)S3. The highest BCUT2D eigenvalue weighted by Crippen LogP contribution is 2.60. The van der Waals surface area contributed by atoms with E-state index in [1.165, 1.54) is 71.8 Å². The lowest BCUT2D eigenvalue weighted by Gasteiger charge is -2.08. The zero-order valence-corrected chi connectivity index (χ0v) is 23.9. The highest BCUT2D eigenvalue weighted by molar-refractivity contribution is 8.25. The molecule has 4 N–H and O–H groups in total. The molecule has 4 amide bonds. The van der Waals surface area contributed by atoms with Crippen LogP contribution in [0.4, 0.5) is 11.9 Å². The first-order chi connectivity index (χ1) is 20.3. The number of anilines is 2. The van der Waals surface area contributed by atoms with Gasteiger partial charge in [-0.25, -0.2) is 19.9 Å². The van der Waals surface area contributed by atoms with Crippen LogP contribution in [0.5, 0.6) is 0 Å². The molecule has 0 unspecified atom stereocenters. The maximum absolute atomic E-state index is 13.3. The predicted molar refractivity (Wildman–Crippen MR) is 156 cm³/mol. The number of hydrazone groups is 2. The largest absolute Gasteiger partial charge is 0.364 e.